The molecule has 0 aromatic heterocycles. The Labute approximate surface area is 155 Å². The first-order valence-electron chi connectivity index (χ1n) is 7.79. The summed E-state index contributed by atoms with van der Waals surface area (Å²) < 4.78 is 44.1. The average Bonchev–Trinajstić information content (AvgIpc) is 2.64. The molecule has 10 heteroatoms. The number of hydrogen-bond acceptors (Lipinski definition) is 5. The van der Waals surface area contributed by atoms with E-state index in [4.69, 9.17) is 4.74 Å². The van der Waals surface area contributed by atoms with Crippen molar-refractivity contribution in [2.45, 2.75) is 11.8 Å². The van der Waals surface area contributed by atoms with Crippen molar-refractivity contribution in [3.05, 3.63) is 59.9 Å². The van der Waals surface area contributed by atoms with Crippen LogP contribution in [0.4, 0.5) is 4.39 Å². The predicted molar refractivity (Wildman–Crippen MR) is 94.5 cm³/mol. The number of halogens is 1. The van der Waals surface area contributed by atoms with E-state index < -0.39 is 34.2 Å². The third kappa shape index (κ3) is 6.35. The number of hydrogen-bond donors (Lipinski definition) is 3. The lowest BCUT2D eigenvalue weighted by molar-refractivity contribution is -0.129. The Hall–Kier alpha value is -2.98. The van der Waals surface area contributed by atoms with E-state index in [1.165, 1.54) is 0 Å². The Morgan fingerprint density at radius 1 is 1.00 bits per heavy atom. The van der Waals surface area contributed by atoms with Crippen molar-refractivity contribution in [3.8, 4) is 5.75 Å². The van der Waals surface area contributed by atoms with Gasteiger partial charge in [0, 0.05) is 0 Å². The van der Waals surface area contributed by atoms with Gasteiger partial charge in [-0.1, -0.05) is 18.2 Å². The summed E-state index contributed by atoms with van der Waals surface area (Å²) in [4.78, 5) is 23.1. The quantitative estimate of drug-likeness (QED) is 0.596. The van der Waals surface area contributed by atoms with Crippen molar-refractivity contribution in [2.75, 3.05) is 13.2 Å². The second-order valence-corrected chi connectivity index (χ2v) is 7.20. The predicted octanol–water partition coefficient (Wildman–Crippen LogP) is 0.639. The van der Waals surface area contributed by atoms with Crippen LogP contribution in [0.5, 0.6) is 5.75 Å². The molecular weight excluding hydrogens is 377 g/mol. The molecule has 144 valence electrons. The zero-order valence-corrected chi connectivity index (χ0v) is 15.2. The molecule has 0 aliphatic heterocycles. The molecule has 27 heavy (non-hydrogen) atoms. The van der Waals surface area contributed by atoms with Gasteiger partial charge in [0.1, 0.15) is 11.6 Å². The number of para-hydroxylation sites is 1. The summed E-state index contributed by atoms with van der Waals surface area (Å²) in [5, 5.41) is 0. The van der Waals surface area contributed by atoms with Crippen LogP contribution in [0.1, 0.15) is 5.56 Å². The monoisotopic (exact) mass is 395 g/mol. The molecule has 0 spiro atoms. The van der Waals surface area contributed by atoms with Crippen molar-refractivity contribution in [2.24, 2.45) is 0 Å². The topological polar surface area (TPSA) is 114 Å². The number of benzene rings is 2. The highest BCUT2D eigenvalue weighted by Gasteiger charge is 2.15. The number of hydrazine groups is 1. The summed E-state index contributed by atoms with van der Waals surface area (Å²) in [6, 6.07) is 11.2. The molecule has 0 saturated heterocycles. The summed E-state index contributed by atoms with van der Waals surface area (Å²) in [5.41, 5.74) is 5.02. The van der Waals surface area contributed by atoms with Gasteiger partial charge in [0.15, 0.2) is 6.61 Å². The highest BCUT2D eigenvalue weighted by molar-refractivity contribution is 7.89. The molecule has 0 fully saturated rings. The molecule has 0 atom stereocenters. The Morgan fingerprint density at radius 3 is 2.30 bits per heavy atom. The lowest BCUT2D eigenvalue weighted by atomic mass is 10.2. The number of nitrogens with one attached hydrogen (secondary N) is 3. The Bertz CT molecular complexity index is 916. The molecule has 0 saturated carbocycles. The van der Waals surface area contributed by atoms with Crippen LogP contribution in [0.25, 0.3) is 0 Å². The van der Waals surface area contributed by atoms with Crippen LogP contribution in [0.15, 0.2) is 53.4 Å². The minimum absolute atomic E-state index is 0.188. The highest BCUT2D eigenvalue weighted by atomic mass is 32.2. The number of carbonyl (C=O) groups is 2. The highest BCUT2D eigenvalue weighted by Crippen LogP contribution is 2.15. The number of amides is 2. The van der Waals surface area contributed by atoms with E-state index in [1.54, 1.807) is 12.1 Å². The summed E-state index contributed by atoms with van der Waals surface area (Å²) in [5.74, 6) is -1.45. The molecule has 2 aromatic carbocycles. The minimum Gasteiger partial charge on any atom is -0.483 e. The van der Waals surface area contributed by atoms with Crippen molar-refractivity contribution in [3.63, 3.8) is 0 Å². The summed E-state index contributed by atoms with van der Waals surface area (Å²) in [6.07, 6.45) is 0. The molecule has 3 N–H and O–H groups in total. The number of rotatable bonds is 7. The first-order valence-corrected chi connectivity index (χ1v) is 9.27. The molecule has 0 radical (unpaired) electrons. The molecular formula is C17H18FN3O5S. The molecule has 2 rings (SSSR count). The second-order valence-electron chi connectivity index (χ2n) is 5.43. The van der Waals surface area contributed by atoms with Gasteiger partial charge in [-0.15, -0.1) is 0 Å². The van der Waals surface area contributed by atoms with E-state index in [0.717, 1.165) is 29.8 Å². The van der Waals surface area contributed by atoms with Crippen LogP contribution in [0.3, 0.4) is 0 Å². The van der Waals surface area contributed by atoms with Crippen LogP contribution in [0, 0.1) is 12.7 Å². The molecule has 2 aromatic rings. The first-order chi connectivity index (χ1) is 12.8. The molecule has 0 unspecified atom stereocenters. The van der Waals surface area contributed by atoms with Crippen LogP contribution >= 0.6 is 0 Å². The minimum atomic E-state index is -3.98. The fourth-order valence-electron chi connectivity index (χ4n) is 1.94. The maximum atomic E-state index is 12.8. The van der Waals surface area contributed by atoms with E-state index in [2.05, 4.69) is 10.9 Å². The Kier molecular flexibility index (Phi) is 6.85. The Balaban J connectivity index is 1.74. The van der Waals surface area contributed by atoms with Crippen LogP contribution < -0.4 is 20.3 Å². The van der Waals surface area contributed by atoms with E-state index in [1.807, 2.05) is 23.8 Å². The van der Waals surface area contributed by atoms with Gasteiger partial charge < -0.3 is 4.74 Å². The van der Waals surface area contributed by atoms with Gasteiger partial charge in [-0.2, -0.15) is 0 Å². The smallest absolute Gasteiger partial charge is 0.276 e. The van der Waals surface area contributed by atoms with Gasteiger partial charge in [0.25, 0.3) is 11.8 Å². The third-order valence-electron chi connectivity index (χ3n) is 3.34. The van der Waals surface area contributed by atoms with E-state index in [9.17, 15) is 22.4 Å². The maximum absolute atomic E-state index is 12.8. The molecule has 0 aliphatic rings. The normalized spacial score (nSPS) is 10.9. The largest absolute Gasteiger partial charge is 0.483 e. The standard InChI is InChI=1S/C17H18FN3O5S/c1-12-4-2-3-5-15(12)26-11-17(23)21-20-16(22)10-19-27(24,25)14-8-6-13(18)7-9-14/h2-9,19H,10-11H2,1H3,(H,20,22)(H,21,23). The maximum Gasteiger partial charge on any atom is 0.276 e. The lowest BCUT2D eigenvalue weighted by Gasteiger charge is -2.11. The summed E-state index contributed by atoms with van der Waals surface area (Å²) in [7, 11) is -3.98. The molecule has 0 heterocycles. The fourth-order valence-corrected chi connectivity index (χ4v) is 2.92. The van der Waals surface area contributed by atoms with Gasteiger partial charge in [-0.25, -0.2) is 17.5 Å². The molecule has 0 bridgehead atoms. The average molecular weight is 395 g/mol. The zero-order valence-electron chi connectivity index (χ0n) is 14.4. The lowest BCUT2D eigenvalue weighted by Crippen LogP contribution is -2.47. The van der Waals surface area contributed by atoms with Gasteiger partial charge in [-0.05, 0) is 42.8 Å². The number of aryl methyl sites for hydroxylation is 1. The first kappa shape index (κ1) is 20.3. The van der Waals surface area contributed by atoms with E-state index >= 15 is 0 Å². The zero-order chi connectivity index (χ0) is 19.9. The van der Waals surface area contributed by atoms with Gasteiger partial charge in [0.2, 0.25) is 10.0 Å². The van der Waals surface area contributed by atoms with Gasteiger partial charge >= 0.3 is 0 Å². The van der Waals surface area contributed by atoms with Gasteiger partial charge in [0.05, 0.1) is 11.4 Å². The molecule has 8 nitrogen and oxygen atoms in total. The molecule has 0 aliphatic carbocycles. The summed E-state index contributed by atoms with van der Waals surface area (Å²) >= 11 is 0. The van der Waals surface area contributed by atoms with Crippen LogP contribution in [0.2, 0.25) is 0 Å². The number of ether oxygens (including phenoxy) is 1. The third-order valence-corrected chi connectivity index (χ3v) is 4.76. The number of sulfonamides is 1. The van der Waals surface area contributed by atoms with Crippen molar-refractivity contribution < 1.29 is 27.1 Å². The van der Waals surface area contributed by atoms with Gasteiger partial charge in [-0.3, -0.25) is 20.4 Å². The van der Waals surface area contributed by atoms with Crippen molar-refractivity contribution in [1.29, 1.82) is 0 Å². The van der Waals surface area contributed by atoms with Crippen molar-refractivity contribution in [1.82, 2.24) is 15.6 Å². The number of carbonyl (C=O) groups excluding carboxylic acids is 2. The van der Waals surface area contributed by atoms with E-state index in [-0.39, 0.29) is 11.5 Å². The van der Waals surface area contributed by atoms with Crippen LogP contribution in [-0.2, 0) is 19.6 Å². The SMILES string of the molecule is Cc1ccccc1OCC(=O)NNC(=O)CNS(=O)(=O)c1ccc(F)cc1. The van der Waals surface area contributed by atoms with Crippen LogP contribution in [-0.4, -0.2) is 33.4 Å². The van der Waals surface area contributed by atoms with E-state index in [0.29, 0.717) is 5.75 Å². The summed E-state index contributed by atoms with van der Waals surface area (Å²) in [6.45, 7) is 0.882. The fraction of sp³-hybridized carbons (Fsp3) is 0.176. The second kappa shape index (κ2) is 9.10. The Morgan fingerprint density at radius 2 is 1.63 bits per heavy atom. The molecule has 2 amide bonds. The van der Waals surface area contributed by atoms with Crippen molar-refractivity contribution >= 4 is 21.8 Å².